The van der Waals surface area contributed by atoms with Gasteiger partial charge < -0.3 is 5.32 Å². The minimum atomic E-state index is -0.858. The molecule has 0 saturated heterocycles. The van der Waals surface area contributed by atoms with E-state index in [9.17, 15) is 9.00 Å². The average molecular weight is 348 g/mol. The lowest BCUT2D eigenvalue weighted by molar-refractivity contribution is 0.252. The first-order valence-corrected chi connectivity index (χ1v) is 8.32. The second-order valence-electron chi connectivity index (χ2n) is 4.24. The number of aryl methyl sites for hydroxylation is 1. The zero-order chi connectivity index (χ0) is 14.4. The fourth-order valence-electron chi connectivity index (χ4n) is 1.33. The maximum atomic E-state index is 11.6. The number of pyridine rings is 1. The van der Waals surface area contributed by atoms with Crippen molar-refractivity contribution in [2.45, 2.75) is 25.5 Å². The smallest absolute Gasteiger partial charge is 0.320 e. The van der Waals surface area contributed by atoms with Crippen LogP contribution in [0.1, 0.15) is 19.0 Å². The number of carbonyl (C=O) groups is 1. The second kappa shape index (κ2) is 7.59. The van der Waals surface area contributed by atoms with Crippen LogP contribution in [0.25, 0.3) is 0 Å². The molecule has 0 aliphatic heterocycles. The van der Waals surface area contributed by atoms with Gasteiger partial charge in [-0.25, -0.2) is 9.78 Å². The minimum Gasteiger partial charge on any atom is -0.338 e. The van der Waals surface area contributed by atoms with Crippen molar-refractivity contribution in [3.8, 4) is 0 Å². The summed E-state index contributed by atoms with van der Waals surface area (Å²) in [5.41, 5.74) is 0.813. The number of carbonyl (C=O) groups excluding carboxylic acids is 1. The molecule has 1 rings (SSSR count). The van der Waals surface area contributed by atoms with Crippen LogP contribution in [0.15, 0.2) is 16.6 Å². The van der Waals surface area contributed by atoms with Crippen LogP contribution in [0.2, 0.25) is 0 Å². The van der Waals surface area contributed by atoms with Gasteiger partial charge in [-0.3, -0.25) is 9.53 Å². The zero-order valence-corrected chi connectivity index (χ0v) is 13.6. The van der Waals surface area contributed by atoms with E-state index in [1.807, 2.05) is 19.9 Å². The molecule has 0 bridgehead atoms. The van der Waals surface area contributed by atoms with Gasteiger partial charge in [-0.05, 0) is 41.4 Å². The van der Waals surface area contributed by atoms with Crippen LogP contribution < -0.4 is 10.6 Å². The van der Waals surface area contributed by atoms with Gasteiger partial charge in [-0.2, -0.15) is 0 Å². The molecule has 7 heteroatoms. The molecule has 0 unspecified atom stereocenters. The maximum absolute atomic E-state index is 11.6. The van der Waals surface area contributed by atoms with E-state index in [2.05, 4.69) is 31.5 Å². The Morgan fingerprint density at radius 1 is 1.53 bits per heavy atom. The monoisotopic (exact) mass is 347 g/mol. The topological polar surface area (TPSA) is 71.1 Å². The fraction of sp³-hybridized carbons (Fsp3) is 0.500. The van der Waals surface area contributed by atoms with Gasteiger partial charge in [0.1, 0.15) is 5.82 Å². The van der Waals surface area contributed by atoms with Gasteiger partial charge in [0.2, 0.25) is 0 Å². The van der Waals surface area contributed by atoms with Crippen molar-refractivity contribution in [3.05, 3.63) is 22.3 Å². The van der Waals surface area contributed by atoms with Crippen molar-refractivity contribution in [1.29, 1.82) is 0 Å². The maximum Gasteiger partial charge on any atom is 0.320 e. The number of nitrogens with zero attached hydrogens (tertiary/aromatic N) is 1. The molecule has 0 aromatic carbocycles. The summed E-state index contributed by atoms with van der Waals surface area (Å²) in [6.07, 6.45) is 2.35. The van der Waals surface area contributed by atoms with Gasteiger partial charge in [0.15, 0.2) is 0 Å². The molecule has 1 aromatic rings. The summed E-state index contributed by atoms with van der Waals surface area (Å²) in [7, 11) is -0.858. The van der Waals surface area contributed by atoms with Gasteiger partial charge in [-0.15, -0.1) is 0 Å². The lowest BCUT2D eigenvalue weighted by Gasteiger charge is -2.10. The highest BCUT2D eigenvalue weighted by Crippen LogP contribution is 2.15. The standard InChI is InChI=1S/C12H18BrN3O2S/c1-8(19(3)18)6-7-14-12(17)16-11-5-4-10(13)9(2)15-11/h4-5,8H,6-7H2,1-3H3,(H2,14,15,16,17)/t8-,19+/m1/s1. The molecule has 2 atom stereocenters. The molecule has 0 saturated carbocycles. The van der Waals surface area contributed by atoms with Crippen LogP contribution in [-0.4, -0.2) is 33.3 Å². The van der Waals surface area contributed by atoms with E-state index in [-0.39, 0.29) is 11.3 Å². The first-order valence-electron chi connectivity index (χ1n) is 5.90. The Bertz CT molecular complexity index is 482. The minimum absolute atomic E-state index is 0.0772. The normalized spacial score (nSPS) is 13.7. The van der Waals surface area contributed by atoms with E-state index in [0.29, 0.717) is 18.8 Å². The van der Waals surface area contributed by atoms with Crippen LogP contribution >= 0.6 is 15.9 Å². The molecule has 0 aliphatic carbocycles. The number of rotatable bonds is 5. The summed E-state index contributed by atoms with van der Waals surface area (Å²) in [6, 6.07) is 3.25. The second-order valence-corrected chi connectivity index (χ2v) is 6.90. The Morgan fingerprint density at radius 3 is 2.79 bits per heavy atom. The van der Waals surface area contributed by atoms with E-state index in [4.69, 9.17) is 0 Å². The number of aromatic nitrogens is 1. The van der Waals surface area contributed by atoms with Crippen LogP contribution in [0.5, 0.6) is 0 Å². The van der Waals surface area contributed by atoms with E-state index in [1.165, 1.54) is 0 Å². The van der Waals surface area contributed by atoms with Crippen molar-refractivity contribution in [3.63, 3.8) is 0 Å². The summed E-state index contributed by atoms with van der Waals surface area (Å²) < 4.78 is 12.0. The van der Waals surface area contributed by atoms with E-state index in [1.54, 1.807) is 12.3 Å². The Morgan fingerprint density at radius 2 is 2.21 bits per heavy atom. The van der Waals surface area contributed by atoms with Crippen LogP contribution in [0.4, 0.5) is 10.6 Å². The predicted molar refractivity (Wildman–Crippen MR) is 81.8 cm³/mol. The average Bonchev–Trinajstić information content (AvgIpc) is 2.33. The number of hydrogen-bond acceptors (Lipinski definition) is 3. The van der Waals surface area contributed by atoms with Crippen molar-refractivity contribution in [2.75, 3.05) is 18.1 Å². The lowest BCUT2D eigenvalue weighted by atomic mass is 10.3. The molecule has 0 spiro atoms. The Balaban J connectivity index is 2.39. The quantitative estimate of drug-likeness (QED) is 0.859. The SMILES string of the molecule is Cc1nc(NC(=O)NCC[C@@H](C)[S@](C)=O)ccc1Br. The lowest BCUT2D eigenvalue weighted by Crippen LogP contribution is -2.31. The molecule has 2 N–H and O–H groups in total. The Hall–Kier alpha value is -0.950. The molecule has 2 amide bonds. The van der Waals surface area contributed by atoms with Crippen molar-refractivity contribution in [2.24, 2.45) is 0 Å². The molecular weight excluding hydrogens is 330 g/mol. The highest BCUT2D eigenvalue weighted by molar-refractivity contribution is 9.10. The van der Waals surface area contributed by atoms with Crippen molar-refractivity contribution >= 4 is 38.6 Å². The number of urea groups is 1. The number of halogens is 1. The van der Waals surface area contributed by atoms with Gasteiger partial charge in [0, 0.05) is 33.3 Å². The summed E-state index contributed by atoms with van der Waals surface area (Å²) in [5, 5.41) is 5.45. The molecule has 1 aromatic heterocycles. The summed E-state index contributed by atoms with van der Waals surface area (Å²) >= 11 is 3.35. The van der Waals surface area contributed by atoms with Crippen molar-refractivity contribution in [1.82, 2.24) is 10.3 Å². The predicted octanol–water partition coefficient (Wildman–Crippen LogP) is 2.43. The molecule has 0 radical (unpaired) electrons. The van der Waals surface area contributed by atoms with Gasteiger partial charge in [0.05, 0.1) is 5.69 Å². The molecule has 0 fully saturated rings. The third kappa shape index (κ3) is 5.69. The molecular formula is C12H18BrN3O2S. The van der Waals surface area contributed by atoms with Gasteiger partial charge in [0.25, 0.3) is 0 Å². The summed E-state index contributed by atoms with van der Waals surface area (Å²) in [6.45, 7) is 4.24. The molecule has 5 nitrogen and oxygen atoms in total. The van der Waals surface area contributed by atoms with E-state index in [0.717, 1.165) is 10.2 Å². The van der Waals surface area contributed by atoms with Crippen molar-refractivity contribution < 1.29 is 9.00 Å². The largest absolute Gasteiger partial charge is 0.338 e. The van der Waals surface area contributed by atoms with E-state index >= 15 is 0 Å². The first-order chi connectivity index (χ1) is 8.90. The van der Waals surface area contributed by atoms with E-state index < -0.39 is 10.8 Å². The highest BCUT2D eigenvalue weighted by atomic mass is 79.9. The Labute approximate surface area is 124 Å². The fourth-order valence-corrected chi connectivity index (χ4v) is 2.00. The highest BCUT2D eigenvalue weighted by Gasteiger charge is 2.08. The van der Waals surface area contributed by atoms with Crippen LogP contribution in [0, 0.1) is 6.92 Å². The van der Waals surface area contributed by atoms with Gasteiger partial charge >= 0.3 is 6.03 Å². The number of anilines is 1. The molecule has 106 valence electrons. The zero-order valence-electron chi connectivity index (χ0n) is 11.2. The molecule has 1 heterocycles. The van der Waals surface area contributed by atoms with Gasteiger partial charge in [-0.1, -0.05) is 6.92 Å². The first kappa shape index (κ1) is 16.1. The molecule has 19 heavy (non-hydrogen) atoms. The number of hydrogen-bond donors (Lipinski definition) is 2. The summed E-state index contributed by atoms with van der Waals surface area (Å²) in [4.78, 5) is 15.8. The third-order valence-corrected chi connectivity index (χ3v) is 4.87. The number of amides is 2. The van der Waals surface area contributed by atoms with Crippen LogP contribution in [-0.2, 0) is 10.8 Å². The summed E-state index contributed by atoms with van der Waals surface area (Å²) in [5.74, 6) is 0.505. The Kier molecular flexibility index (Phi) is 6.44. The molecule has 0 aliphatic rings. The number of nitrogens with one attached hydrogen (secondary N) is 2. The van der Waals surface area contributed by atoms with Crippen LogP contribution in [0.3, 0.4) is 0 Å². The third-order valence-electron chi connectivity index (χ3n) is 2.67.